The maximum Gasteiger partial charge on any atom is 0.200 e. The number of epoxide rings is 1. The molecule has 0 amide bonds. The van der Waals surface area contributed by atoms with E-state index in [2.05, 4.69) is 48.5 Å². The Kier molecular flexibility index (Phi) is 8.77. The van der Waals surface area contributed by atoms with E-state index in [1.54, 1.807) is 0 Å². The largest absolute Gasteiger partial charge is 0.416 e. The lowest BCUT2D eigenvalue weighted by molar-refractivity contribution is 0.117. The van der Waals surface area contributed by atoms with Gasteiger partial charge < -0.3 is 14.3 Å². The molecule has 138 valence electrons. The highest BCUT2D eigenvalue weighted by Gasteiger charge is 2.45. The lowest BCUT2D eigenvalue weighted by Gasteiger charge is -2.42. The molecule has 1 heterocycles. The number of hydrogen-bond donors (Lipinski definition) is 1. The number of hydrogen-bond acceptors (Lipinski definition) is 3. The molecule has 0 aliphatic carbocycles. The first-order valence-electron chi connectivity index (χ1n) is 9.73. The average Bonchev–Trinajstić information content (AvgIpc) is 3.18. The molecule has 0 spiro atoms. The average molecular weight is 345 g/mol. The van der Waals surface area contributed by atoms with Gasteiger partial charge in [-0.25, -0.2) is 0 Å². The predicted molar refractivity (Wildman–Crippen MR) is 100 cm³/mol. The van der Waals surface area contributed by atoms with E-state index in [1.807, 2.05) is 0 Å². The quantitative estimate of drug-likeness (QED) is 0.387. The number of aliphatic hydroxyl groups excluding tert-OH is 1. The summed E-state index contributed by atoms with van der Waals surface area (Å²) in [6.45, 7) is 16.7. The first-order chi connectivity index (χ1) is 10.8. The smallest absolute Gasteiger partial charge is 0.200 e. The molecule has 0 aromatic carbocycles. The van der Waals surface area contributed by atoms with Crippen LogP contribution in [-0.2, 0) is 9.16 Å². The van der Waals surface area contributed by atoms with Gasteiger partial charge in [0.2, 0.25) is 0 Å². The molecule has 23 heavy (non-hydrogen) atoms. The minimum Gasteiger partial charge on any atom is -0.416 e. The molecule has 3 atom stereocenters. The van der Waals surface area contributed by atoms with Gasteiger partial charge in [-0.3, -0.25) is 0 Å². The number of unbranched alkanes of at least 4 members (excludes halogenated alkanes) is 1. The Labute approximate surface area is 145 Å². The van der Waals surface area contributed by atoms with Crippen LogP contribution in [0.1, 0.15) is 80.6 Å². The molecule has 3 nitrogen and oxygen atoms in total. The summed E-state index contributed by atoms with van der Waals surface area (Å²) in [4.78, 5) is 0. The molecule has 1 rings (SSSR count). The van der Waals surface area contributed by atoms with Gasteiger partial charge in [0.1, 0.15) is 0 Å². The van der Waals surface area contributed by atoms with Crippen molar-refractivity contribution in [3.8, 4) is 0 Å². The Hall–Kier alpha value is 0.0969. The van der Waals surface area contributed by atoms with Crippen molar-refractivity contribution >= 4 is 8.32 Å². The van der Waals surface area contributed by atoms with Crippen LogP contribution in [0.5, 0.6) is 0 Å². The second-order valence-electron chi connectivity index (χ2n) is 8.20. The summed E-state index contributed by atoms with van der Waals surface area (Å²) in [6, 6.07) is 0. The SMILES string of the molecule is CCCC[C@@H]1O[C@@H]1C[C@H](O)CCO[Si](C(C)C)(C(C)C)C(C)C. The van der Waals surface area contributed by atoms with E-state index in [4.69, 9.17) is 9.16 Å². The summed E-state index contributed by atoms with van der Waals surface area (Å²) >= 11 is 0. The minimum atomic E-state index is -1.79. The Bertz CT molecular complexity index is 309. The van der Waals surface area contributed by atoms with Crippen LogP contribution in [0, 0.1) is 0 Å². The second kappa shape index (κ2) is 9.55. The number of ether oxygens (including phenoxy) is 1. The van der Waals surface area contributed by atoms with Crippen molar-refractivity contribution in [1.29, 1.82) is 0 Å². The summed E-state index contributed by atoms with van der Waals surface area (Å²) in [7, 11) is -1.79. The second-order valence-corrected chi connectivity index (χ2v) is 13.7. The van der Waals surface area contributed by atoms with Crippen LogP contribution in [0.3, 0.4) is 0 Å². The van der Waals surface area contributed by atoms with Gasteiger partial charge in [-0.2, -0.15) is 0 Å². The van der Waals surface area contributed by atoms with Gasteiger partial charge in [-0.05, 0) is 29.5 Å². The van der Waals surface area contributed by atoms with Crippen LogP contribution in [0.25, 0.3) is 0 Å². The van der Waals surface area contributed by atoms with Gasteiger partial charge in [0.25, 0.3) is 0 Å². The van der Waals surface area contributed by atoms with E-state index >= 15 is 0 Å². The molecular formula is C19H40O3Si. The molecule has 1 fully saturated rings. The fourth-order valence-electron chi connectivity index (χ4n) is 4.30. The topological polar surface area (TPSA) is 42.0 Å². The van der Waals surface area contributed by atoms with E-state index in [1.165, 1.54) is 12.8 Å². The van der Waals surface area contributed by atoms with E-state index in [0.717, 1.165) is 19.3 Å². The summed E-state index contributed by atoms with van der Waals surface area (Å²) in [5.41, 5.74) is 1.81. The molecule has 1 N–H and O–H groups in total. The van der Waals surface area contributed by atoms with Crippen molar-refractivity contribution in [1.82, 2.24) is 0 Å². The molecule has 0 bridgehead atoms. The van der Waals surface area contributed by atoms with Gasteiger partial charge in [-0.1, -0.05) is 61.3 Å². The van der Waals surface area contributed by atoms with E-state index in [0.29, 0.717) is 35.4 Å². The Morgan fingerprint density at radius 1 is 1.00 bits per heavy atom. The molecule has 1 aliphatic heterocycles. The standard InChI is InChI=1S/C19H40O3Si/c1-8-9-10-18-19(22-18)13-17(20)11-12-21-23(14(2)3,15(4)5)16(6)7/h14-20H,8-13H2,1-7H3/t17-,18+,19-/m1/s1. The highest BCUT2D eigenvalue weighted by Crippen LogP contribution is 2.42. The van der Waals surface area contributed by atoms with Crippen LogP contribution >= 0.6 is 0 Å². The predicted octanol–water partition coefficient (Wildman–Crippen LogP) is 5.28. The molecule has 0 aromatic rings. The Balaban J connectivity index is 2.36. The zero-order chi connectivity index (χ0) is 17.6. The zero-order valence-electron chi connectivity index (χ0n) is 16.5. The van der Waals surface area contributed by atoms with Gasteiger partial charge in [0, 0.05) is 13.0 Å². The fourth-order valence-corrected chi connectivity index (χ4v) is 9.77. The van der Waals surface area contributed by atoms with Crippen LogP contribution in [0.2, 0.25) is 16.6 Å². The molecule has 4 heteroatoms. The summed E-state index contributed by atoms with van der Waals surface area (Å²) in [5, 5.41) is 10.3. The van der Waals surface area contributed by atoms with Crippen molar-refractivity contribution in [2.75, 3.05) is 6.61 Å². The number of rotatable bonds is 12. The third-order valence-corrected chi connectivity index (χ3v) is 11.7. The molecule has 0 radical (unpaired) electrons. The molecule has 1 saturated heterocycles. The maximum absolute atomic E-state index is 10.3. The Morgan fingerprint density at radius 2 is 1.57 bits per heavy atom. The van der Waals surface area contributed by atoms with Gasteiger partial charge in [-0.15, -0.1) is 0 Å². The van der Waals surface area contributed by atoms with Crippen molar-refractivity contribution in [2.24, 2.45) is 0 Å². The van der Waals surface area contributed by atoms with Gasteiger partial charge >= 0.3 is 0 Å². The highest BCUT2D eigenvalue weighted by molar-refractivity contribution is 6.77. The molecule has 0 saturated carbocycles. The van der Waals surface area contributed by atoms with E-state index < -0.39 is 8.32 Å². The van der Waals surface area contributed by atoms with E-state index in [-0.39, 0.29) is 6.10 Å². The lowest BCUT2D eigenvalue weighted by Crippen LogP contribution is -2.48. The monoisotopic (exact) mass is 344 g/mol. The first-order valence-corrected chi connectivity index (χ1v) is 11.9. The molecule has 1 aliphatic rings. The Morgan fingerprint density at radius 3 is 2.04 bits per heavy atom. The van der Waals surface area contributed by atoms with Crippen molar-refractivity contribution < 1.29 is 14.3 Å². The van der Waals surface area contributed by atoms with Gasteiger partial charge in [0.05, 0.1) is 18.3 Å². The zero-order valence-corrected chi connectivity index (χ0v) is 17.5. The summed E-state index contributed by atoms with van der Waals surface area (Å²) < 4.78 is 12.2. The normalized spacial score (nSPS) is 23.1. The van der Waals surface area contributed by atoms with E-state index in [9.17, 15) is 5.11 Å². The highest BCUT2D eigenvalue weighted by atomic mass is 28.4. The maximum atomic E-state index is 10.3. The minimum absolute atomic E-state index is 0.287. The summed E-state index contributed by atoms with van der Waals surface area (Å²) in [5.74, 6) is 0. The number of aliphatic hydroxyl groups is 1. The molecule has 0 unspecified atom stereocenters. The lowest BCUT2D eigenvalue weighted by atomic mass is 10.1. The van der Waals surface area contributed by atoms with Crippen LogP contribution in [0.4, 0.5) is 0 Å². The third kappa shape index (κ3) is 5.84. The summed E-state index contributed by atoms with van der Waals surface area (Å²) in [6.07, 6.45) is 5.51. The third-order valence-electron chi connectivity index (χ3n) is 5.54. The van der Waals surface area contributed by atoms with Crippen molar-refractivity contribution in [2.45, 2.75) is 116 Å². The first kappa shape index (κ1) is 21.1. The molecule has 0 aromatic heterocycles. The van der Waals surface area contributed by atoms with Crippen LogP contribution in [-0.4, -0.2) is 38.3 Å². The van der Waals surface area contributed by atoms with Crippen molar-refractivity contribution in [3.63, 3.8) is 0 Å². The van der Waals surface area contributed by atoms with Crippen molar-refractivity contribution in [3.05, 3.63) is 0 Å². The van der Waals surface area contributed by atoms with Crippen LogP contribution < -0.4 is 0 Å². The van der Waals surface area contributed by atoms with Gasteiger partial charge in [0.15, 0.2) is 8.32 Å². The fraction of sp³-hybridized carbons (Fsp3) is 1.00. The molecular weight excluding hydrogens is 304 g/mol. The van der Waals surface area contributed by atoms with Crippen LogP contribution in [0.15, 0.2) is 0 Å².